The molecule has 1 saturated heterocycles. The highest BCUT2D eigenvalue weighted by molar-refractivity contribution is 9.10. The van der Waals surface area contributed by atoms with Crippen molar-refractivity contribution in [3.05, 3.63) is 74.7 Å². The molecule has 2 atom stereocenters. The molecule has 2 aromatic carbocycles. The van der Waals surface area contributed by atoms with E-state index in [0.29, 0.717) is 17.4 Å². The molecular formula is C25H29BrN4O2. The van der Waals surface area contributed by atoms with Crippen molar-refractivity contribution in [2.45, 2.75) is 39.9 Å². The maximum absolute atomic E-state index is 12.7. The first-order valence-corrected chi connectivity index (χ1v) is 11.9. The molecule has 0 aliphatic carbocycles. The highest BCUT2D eigenvalue weighted by Gasteiger charge is 2.21. The average Bonchev–Trinajstić information content (AvgIpc) is 2.75. The molecule has 3 aromatic rings. The van der Waals surface area contributed by atoms with E-state index in [0.717, 1.165) is 41.5 Å². The van der Waals surface area contributed by atoms with Crippen molar-refractivity contribution in [2.24, 2.45) is 11.8 Å². The molecule has 32 heavy (non-hydrogen) atoms. The van der Waals surface area contributed by atoms with Gasteiger partial charge in [0.05, 0.1) is 17.2 Å². The van der Waals surface area contributed by atoms with E-state index >= 15 is 0 Å². The fraction of sp³-hybridized carbons (Fsp3) is 0.400. The van der Waals surface area contributed by atoms with Crippen molar-refractivity contribution in [2.75, 3.05) is 13.1 Å². The largest absolute Gasteiger partial charge is 0.350 e. The lowest BCUT2D eigenvalue weighted by Gasteiger charge is -2.35. The summed E-state index contributed by atoms with van der Waals surface area (Å²) in [4.78, 5) is 31.9. The molecule has 0 spiro atoms. The molecule has 1 aliphatic rings. The maximum Gasteiger partial charge on any atom is 0.261 e. The van der Waals surface area contributed by atoms with Crippen LogP contribution in [0.4, 0.5) is 0 Å². The quantitative estimate of drug-likeness (QED) is 0.560. The lowest BCUT2D eigenvalue weighted by Crippen LogP contribution is -2.38. The summed E-state index contributed by atoms with van der Waals surface area (Å²) in [6, 6.07) is 13.8. The predicted octanol–water partition coefficient (Wildman–Crippen LogP) is 3.95. The number of hydrogen-bond donors (Lipinski definition) is 1. The summed E-state index contributed by atoms with van der Waals surface area (Å²) in [6.07, 6.45) is 2.74. The molecule has 0 radical (unpaired) electrons. The number of fused-ring (bicyclic) bond motifs is 1. The fourth-order valence-electron chi connectivity index (χ4n) is 4.60. The Morgan fingerprint density at radius 2 is 1.78 bits per heavy atom. The first-order chi connectivity index (χ1) is 15.4. The van der Waals surface area contributed by atoms with Gasteiger partial charge < -0.3 is 5.32 Å². The van der Waals surface area contributed by atoms with Crippen LogP contribution in [0, 0.1) is 11.8 Å². The summed E-state index contributed by atoms with van der Waals surface area (Å²) in [5, 5.41) is 3.39. The van der Waals surface area contributed by atoms with Crippen LogP contribution < -0.4 is 10.9 Å². The third-order valence-corrected chi connectivity index (χ3v) is 6.46. The number of piperidine rings is 1. The van der Waals surface area contributed by atoms with E-state index in [1.165, 1.54) is 22.9 Å². The molecule has 1 fully saturated rings. The van der Waals surface area contributed by atoms with Gasteiger partial charge in [-0.3, -0.25) is 19.1 Å². The van der Waals surface area contributed by atoms with E-state index in [1.54, 1.807) is 12.1 Å². The van der Waals surface area contributed by atoms with Gasteiger partial charge in [-0.15, -0.1) is 0 Å². The molecule has 1 amide bonds. The van der Waals surface area contributed by atoms with Crippen LogP contribution in [0.5, 0.6) is 0 Å². The normalized spacial score (nSPS) is 19.2. The number of nitrogens with one attached hydrogen (secondary N) is 1. The zero-order valence-electron chi connectivity index (χ0n) is 18.6. The molecule has 7 heteroatoms. The van der Waals surface area contributed by atoms with Gasteiger partial charge in [-0.2, -0.15) is 0 Å². The molecule has 2 unspecified atom stereocenters. The molecule has 1 aliphatic heterocycles. The molecule has 1 N–H and O–H groups in total. The second-order valence-corrected chi connectivity index (χ2v) is 9.99. The molecule has 4 rings (SSSR count). The Bertz CT molecular complexity index is 1150. The third kappa shape index (κ3) is 5.64. The summed E-state index contributed by atoms with van der Waals surface area (Å²) in [5.74, 6) is 1.28. The SMILES string of the molecule is CC1CC(C)CN(Cc2ccc(CNC(=O)Cn3cnc4ccc(Br)cc4c3=O)cc2)C1. The van der Waals surface area contributed by atoms with Gasteiger partial charge in [0.25, 0.3) is 5.56 Å². The smallest absolute Gasteiger partial charge is 0.261 e. The van der Waals surface area contributed by atoms with Crippen molar-refractivity contribution >= 4 is 32.7 Å². The van der Waals surface area contributed by atoms with Gasteiger partial charge >= 0.3 is 0 Å². The Morgan fingerprint density at radius 1 is 1.09 bits per heavy atom. The average molecular weight is 497 g/mol. The fourth-order valence-corrected chi connectivity index (χ4v) is 4.96. The molecular weight excluding hydrogens is 468 g/mol. The summed E-state index contributed by atoms with van der Waals surface area (Å²) in [6.45, 7) is 8.31. The molecule has 1 aromatic heterocycles. The van der Waals surface area contributed by atoms with Crippen LogP contribution in [0.15, 0.2) is 58.1 Å². The van der Waals surface area contributed by atoms with Crippen LogP contribution >= 0.6 is 15.9 Å². The minimum absolute atomic E-state index is 0.0578. The second-order valence-electron chi connectivity index (χ2n) is 9.07. The van der Waals surface area contributed by atoms with Gasteiger partial charge in [-0.1, -0.05) is 54.0 Å². The van der Waals surface area contributed by atoms with E-state index in [9.17, 15) is 9.59 Å². The molecule has 0 bridgehead atoms. The second kappa shape index (κ2) is 9.96. The molecule has 2 heterocycles. The van der Waals surface area contributed by atoms with Crippen LogP contribution in [0.3, 0.4) is 0 Å². The van der Waals surface area contributed by atoms with E-state index in [2.05, 4.69) is 69.2 Å². The van der Waals surface area contributed by atoms with Crippen molar-refractivity contribution < 1.29 is 4.79 Å². The minimum atomic E-state index is -0.225. The van der Waals surface area contributed by atoms with Crippen molar-refractivity contribution in [1.29, 1.82) is 0 Å². The van der Waals surface area contributed by atoms with Gasteiger partial charge in [-0.05, 0) is 47.6 Å². The Balaban J connectivity index is 1.32. The summed E-state index contributed by atoms with van der Waals surface area (Å²) >= 11 is 3.37. The van der Waals surface area contributed by atoms with Gasteiger partial charge in [0.1, 0.15) is 6.54 Å². The van der Waals surface area contributed by atoms with Crippen molar-refractivity contribution in [1.82, 2.24) is 19.8 Å². The highest BCUT2D eigenvalue weighted by atomic mass is 79.9. The van der Waals surface area contributed by atoms with Crippen molar-refractivity contribution in [3.8, 4) is 0 Å². The molecule has 0 saturated carbocycles. The summed E-state index contributed by atoms with van der Waals surface area (Å²) < 4.78 is 2.15. The minimum Gasteiger partial charge on any atom is -0.350 e. The lowest BCUT2D eigenvalue weighted by atomic mass is 9.91. The maximum atomic E-state index is 12.7. The standard InChI is InChI=1S/C25H29BrN4O2/c1-17-9-18(2)13-29(12-17)14-20-5-3-19(4-6-20)11-27-24(31)15-30-16-28-23-8-7-21(26)10-22(23)25(30)32/h3-8,10,16-18H,9,11-15H2,1-2H3,(H,27,31). The van der Waals surface area contributed by atoms with Gasteiger partial charge in [-0.25, -0.2) is 4.98 Å². The van der Waals surface area contributed by atoms with E-state index in [-0.39, 0.29) is 18.0 Å². The topological polar surface area (TPSA) is 67.2 Å². The number of aromatic nitrogens is 2. The van der Waals surface area contributed by atoms with Crippen molar-refractivity contribution in [3.63, 3.8) is 0 Å². The van der Waals surface area contributed by atoms with Crippen LogP contribution in [0.1, 0.15) is 31.4 Å². The van der Waals surface area contributed by atoms with Crippen LogP contribution in [-0.4, -0.2) is 33.4 Å². The van der Waals surface area contributed by atoms with Crippen LogP contribution in [0.25, 0.3) is 10.9 Å². The molecule has 168 valence electrons. The molecule has 6 nitrogen and oxygen atoms in total. The Kier molecular flexibility index (Phi) is 7.06. The number of carbonyl (C=O) groups is 1. The van der Waals surface area contributed by atoms with E-state index < -0.39 is 0 Å². The van der Waals surface area contributed by atoms with Gasteiger partial charge in [0, 0.05) is 30.7 Å². The number of hydrogen-bond acceptors (Lipinski definition) is 4. The number of rotatable bonds is 6. The number of benzene rings is 2. The summed E-state index contributed by atoms with van der Waals surface area (Å²) in [7, 11) is 0. The van der Waals surface area contributed by atoms with Crippen LogP contribution in [-0.2, 0) is 24.4 Å². The van der Waals surface area contributed by atoms with E-state index in [1.807, 2.05) is 6.07 Å². The lowest BCUT2D eigenvalue weighted by molar-refractivity contribution is -0.121. The first-order valence-electron chi connectivity index (χ1n) is 11.1. The monoisotopic (exact) mass is 496 g/mol. The van der Waals surface area contributed by atoms with E-state index in [4.69, 9.17) is 0 Å². The third-order valence-electron chi connectivity index (χ3n) is 5.96. The number of carbonyl (C=O) groups excluding carboxylic acids is 1. The number of nitrogens with zero attached hydrogens (tertiary/aromatic N) is 3. The zero-order chi connectivity index (χ0) is 22.7. The highest BCUT2D eigenvalue weighted by Crippen LogP contribution is 2.22. The number of halogens is 1. The Labute approximate surface area is 196 Å². The number of likely N-dealkylation sites (tertiary alicyclic amines) is 1. The van der Waals surface area contributed by atoms with Crippen LogP contribution in [0.2, 0.25) is 0 Å². The first kappa shape index (κ1) is 22.7. The number of amides is 1. The van der Waals surface area contributed by atoms with Gasteiger partial charge in [0.15, 0.2) is 0 Å². The zero-order valence-corrected chi connectivity index (χ0v) is 20.1. The Hall–Kier alpha value is -2.51. The summed E-state index contributed by atoms with van der Waals surface area (Å²) in [5.41, 5.74) is 2.72. The Morgan fingerprint density at radius 3 is 2.50 bits per heavy atom. The predicted molar refractivity (Wildman–Crippen MR) is 130 cm³/mol. The van der Waals surface area contributed by atoms with Gasteiger partial charge in [0.2, 0.25) is 5.91 Å².